The van der Waals surface area contributed by atoms with Crippen LogP contribution < -0.4 is 5.73 Å². The lowest BCUT2D eigenvalue weighted by Gasteiger charge is -2.14. The van der Waals surface area contributed by atoms with E-state index in [-0.39, 0.29) is 18.2 Å². The standard InChI is InChI=1S/C11H15F2NO/c1-11(12,13)9-4-2-8(3-5-9)10(14)6-7-15/h2-5,10,15H,6-7,14H2,1H3. The summed E-state index contributed by atoms with van der Waals surface area (Å²) in [6.07, 6.45) is 0.432. The summed E-state index contributed by atoms with van der Waals surface area (Å²) in [5, 5.41) is 8.68. The zero-order valence-corrected chi connectivity index (χ0v) is 8.58. The van der Waals surface area contributed by atoms with Crippen LogP contribution in [-0.2, 0) is 5.92 Å². The molecule has 2 nitrogen and oxygen atoms in total. The molecule has 0 fully saturated rings. The van der Waals surface area contributed by atoms with Crippen LogP contribution in [0.25, 0.3) is 0 Å². The summed E-state index contributed by atoms with van der Waals surface area (Å²) in [5.74, 6) is -2.82. The molecule has 0 aliphatic rings. The number of halogens is 2. The van der Waals surface area contributed by atoms with Crippen LogP contribution in [0.5, 0.6) is 0 Å². The quantitative estimate of drug-likeness (QED) is 0.808. The highest BCUT2D eigenvalue weighted by atomic mass is 19.3. The lowest BCUT2D eigenvalue weighted by molar-refractivity contribution is 0.0174. The molecule has 0 heterocycles. The van der Waals surface area contributed by atoms with Gasteiger partial charge in [0.15, 0.2) is 0 Å². The first-order chi connectivity index (χ1) is 6.95. The third-order valence-corrected chi connectivity index (χ3v) is 2.29. The molecular weight excluding hydrogens is 200 g/mol. The molecule has 0 aromatic heterocycles. The molecule has 3 N–H and O–H groups in total. The highest BCUT2D eigenvalue weighted by Gasteiger charge is 2.23. The maximum atomic E-state index is 12.9. The van der Waals surface area contributed by atoms with Gasteiger partial charge in [-0.2, -0.15) is 0 Å². The lowest BCUT2D eigenvalue weighted by Crippen LogP contribution is -2.13. The van der Waals surface area contributed by atoms with Gasteiger partial charge < -0.3 is 10.8 Å². The van der Waals surface area contributed by atoms with Gasteiger partial charge in [0.25, 0.3) is 5.92 Å². The van der Waals surface area contributed by atoms with Crippen LogP contribution in [0.3, 0.4) is 0 Å². The first kappa shape index (κ1) is 12.1. The SMILES string of the molecule is CC(F)(F)c1ccc(C(N)CCO)cc1. The van der Waals surface area contributed by atoms with E-state index in [1.54, 1.807) is 12.1 Å². The zero-order chi connectivity index (χ0) is 11.5. The molecule has 0 radical (unpaired) electrons. The minimum absolute atomic E-state index is 0.00709. The van der Waals surface area contributed by atoms with E-state index in [9.17, 15) is 8.78 Å². The number of nitrogens with two attached hydrogens (primary N) is 1. The fourth-order valence-corrected chi connectivity index (χ4v) is 1.33. The van der Waals surface area contributed by atoms with Crippen LogP contribution in [0, 0.1) is 0 Å². The molecule has 15 heavy (non-hydrogen) atoms. The van der Waals surface area contributed by atoms with Crippen LogP contribution in [0.2, 0.25) is 0 Å². The Balaban J connectivity index is 2.81. The van der Waals surface area contributed by atoms with E-state index in [1.165, 1.54) is 12.1 Å². The molecule has 0 aliphatic carbocycles. The van der Waals surface area contributed by atoms with Crippen LogP contribution in [-0.4, -0.2) is 11.7 Å². The van der Waals surface area contributed by atoms with Crippen LogP contribution in [0.4, 0.5) is 8.78 Å². The lowest BCUT2D eigenvalue weighted by atomic mass is 10.0. The largest absolute Gasteiger partial charge is 0.396 e. The molecule has 1 unspecified atom stereocenters. The second kappa shape index (κ2) is 4.68. The molecule has 1 aromatic rings. The number of rotatable bonds is 4. The smallest absolute Gasteiger partial charge is 0.270 e. The highest BCUT2D eigenvalue weighted by Crippen LogP contribution is 2.27. The van der Waals surface area contributed by atoms with Gasteiger partial charge in [-0.05, 0) is 12.0 Å². The minimum atomic E-state index is -2.82. The molecule has 0 aliphatic heterocycles. The van der Waals surface area contributed by atoms with Crippen molar-refractivity contribution in [3.8, 4) is 0 Å². The zero-order valence-electron chi connectivity index (χ0n) is 8.58. The summed E-state index contributed by atoms with van der Waals surface area (Å²) >= 11 is 0. The Morgan fingerprint density at radius 3 is 2.27 bits per heavy atom. The number of aliphatic hydroxyl groups excluding tert-OH is 1. The first-order valence-corrected chi connectivity index (χ1v) is 4.80. The van der Waals surface area contributed by atoms with Crippen molar-refractivity contribution in [2.45, 2.75) is 25.3 Å². The van der Waals surface area contributed by atoms with Crippen molar-refractivity contribution < 1.29 is 13.9 Å². The van der Waals surface area contributed by atoms with Crippen molar-refractivity contribution in [2.24, 2.45) is 5.73 Å². The Morgan fingerprint density at radius 1 is 1.33 bits per heavy atom. The van der Waals surface area contributed by atoms with Crippen molar-refractivity contribution in [1.29, 1.82) is 0 Å². The monoisotopic (exact) mass is 215 g/mol. The molecule has 0 bridgehead atoms. The first-order valence-electron chi connectivity index (χ1n) is 4.80. The van der Waals surface area contributed by atoms with Gasteiger partial charge in [-0.25, -0.2) is 8.78 Å². The summed E-state index contributed by atoms with van der Waals surface area (Å²) in [7, 11) is 0. The molecule has 1 aromatic carbocycles. The van der Waals surface area contributed by atoms with Gasteiger partial charge in [-0.15, -0.1) is 0 Å². The second-order valence-electron chi connectivity index (χ2n) is 3.63. The fraction of sp³-hybridized carbons (Fsp3) is 0.455. The number of alkyl halides is 2. The highest BCUT2D eigenvalue weighted by molar-refractivity contribution is 5.27. The molecule has 0 amide bonds. The van der Waals surface area contributed by atoms with Gasteiger partial charge in [-0.1, -0.05) is 24.3 Å². The maximum Gasteiger partial charge on any atom is 0.270 e. The molecule has 1 rings (SSSR count). The normalized spacial score (nSPS) is 13.9. The predicted molar refractivity (Wildman–Crippen MR) is 54.6 cm³/mol. The van der Waals surface area contributed by atoms with Gasteiger partial charge in [0, 0.05) is 25.1 Å². The average molecular weight is 215 g/mol. The minimum Gasteiger partial charge on any atom is -0.396 e. The molecule has 0 saturated heterocycles. The number of hydrogen-bond acceptors (Lipinski definition) is 2. The summed E-state index contributed by atoms with van der Waals surface area (Å²) in [6.45, 7) is 0.850. The van der Waals surface area contributed by atoms with Gasteiger partial charge >= 0.3 is 0 Å². The van der Waals surface area contributed by atoms with Gasteiger partial charge in [0.05, 0.1) is 0 Å². The fourth-order valence-electron chi connectivity index (χ4n) is 1.33. The predicted octanol–water partition coefficient (Wildman–Crippen LogP) is 2.18. The molecular formula is C11H15F2NO. The van der Waals surface area contributed by atoms with E-state index in [1.807, 2.05) is 0 Å². The van der Waals surface area contributed by atoms with E-state index < -0.39 is 5.92 Å². The summed E-state index contributed by atoms with van der Waals surface area (Å²) in [5.41, 5.74) is 6.45. The molecule has 1 atom stereocenters. The summed E-state index contributed by atoms with van der Waals surface area (Å²) in [6, 6.07) is 5.59. The number of benzene rings is 1. The van der Waals surface area contributed by atoms with Crippen molar-refractivity contribution in [3.05, 3.63) is 35.4 Å². The topological polar surface area (TPSA) is 46.2 Å². The third kappa shape index (κ3) is 3.25. The molecule has 0 saturated carbocycles. The third-order valence-electron chi connectivity index (χ3n) is 2.29. The van der Waals surface area contributed by atoms with E-state index in [0.717, 1.165) is 12.5 Å². The Bertz CT molecular complexity index is 305. The van der Waals surface area contributed by atoms with Gasteiger partial charge in [0.1, 0.15) is 0 Å². The van der Waals surface area contributed by atoms with Crippen LogP contribution in [0.15, 0.2) is 24.3 Å². The van der Waals surface area contributed by atoms with E-state index in [2.05, 4.69) is 0 Å². The second-order valence-corrected chi connectivity index (χ2v) is 3.63. The van der Waals surface area contributed by atoms with Gasteiger partial charge in [0.2, 0.25) is 0 Å². The van der Waals surface area contributed by atoms with E-state index in [4.69, 9.17) is 10.8 Å². The Morgan fingerprint density at radius 2 is 1.87 bits per heavy atom. The van der Waals surface area contributed by atoms with Crippen molar-refractivity contribution in [2.75, 3.05) is 6.61 Å². The van der Waals surface area contributed by atoms with Crippen molar-refractivity contribution >= 4 is 0 Å². The Hall–Kier alpha value is -1.00. The molecule has 84 valence electrons. The summed E-state index contributed by atoms with van der Waals surface area (Å²) in [4.78, 5) is 0. The Kier molecular flexibility index (Phi) is 3.77. The average Bonchev–Trinajstić information content (AvgIpc) is 2.17. The molecule has 4 heteroatoms. The van der Waals surface area contributed by atoms with Crippen LogP contribution in [0.1, 0.15) is 30.5 Å². The maximum absolute atomic E-state index is 12.9. The summed E-state index contributed by atoms with van der Waals surface area (Å²) < 4.78 is 25.7. The van der Waals surface area contributed by atoms with Crippen molar-refractivity contribution in [1.82, 2.24) is 0 Å². The Labute approximate surface area is 87.7 Å². The van der Waals surface area contributed by atoms with E-state index >= 15 is 0 Å². The van der Waals surface area contributed by atoms with Crippen LogP contribution >= 0.6 is 0 Å². The van der Waals surface area contributed by atoms with E-state index in [0.29, 0.717) is 6.42 Å². The van der Waals surface area contributed by atoms with Crippen molar-refractivity contribution in [3.63, 3.8) is 0 Å². The number of hydrogen-bond donors (Lipinski definition) is 2. The molecule has 0 spiro atoms. The number of aliphatic hydroxyl groups is 1. The van der Waals surface area contributed by atoms with Gasteiger partial charge in [-0.3, -0.25) is 0 Å².